The summed E-state index contributed by atoms with van der Waals surface area (Å²) in [4.78, 5) is 26.5. The summed E-state index contributed by atoms with van der Waals surface area (Å²) in [6, 6.07) is 8.21. The third kappa shape index (κ3) is 4.04. The third-order valence-electron chi connectivity index (χ3n) is 4.34. The number of esters is 2. The van der Waals surface area contributed by atoms with Crippen LogP contribution in [0.4, 0.5) is 0 Å². The van der Waals surface area contributed by atoms with Gasteiger partial charge in [-0.25, -0.2) is 4.79 Å². The average molecular weight is 377 g/mol. The number of ether oxygens (including phenoxy) is 5. The highest BCUT2D eigenvalue weighted by Gasteiger charge is 2.53. The largest absolute Gasteiger partial charge is 0.467 e. The highest BCUT2D eigenvalue weighted by molar-refractivity contribution is 5.76. The number of fused-ring (bicyclic) bond motifs is 1. The number of carbonyl (C=O) groups is 2. The van der Waals surface area contributed by atoms with E-state index in [1.165, 1.54) is 14.0 Å². The monoisotopic (exact) mass is 377 g/mol. The molecule has 0 aliphatic carbocycles. The van der Waals surface area contributed by atoms with Crippen molar-refractivity contribution in [1.82, 2.24) is 0 Å². The molecule has 0 spiro atoms. The van der Waals surface area contributed by atoms with Gasteiger partial charge in [0.1, 0.15) is 24.4 Å². The molecule has 144 valence electrons. The van der Waals surface area contributed by atoms with Crippen molar-refractivity contribution in [2.24, 2.45) is 5.11 Å². The number of hydrogen-bond acceptors (Lipinski definition) is 8. The van der Waals surface area contributed by atoms with Gasteiger partial charge in [-0.3, -0.25) is 4.79 Å². The molecule has 10 nitrogen and oxygen atoms in total. The fraction of sp³-hybridized carbons (Fsp3) is 0.529. The van der Waals surface area contributed by atoms with Gasteiger partial charge in [-0.2, -0.15) is 0 Å². The lowest BCUT2D eigenvalue weighted by Gasteiger charge is -2.46. The molecule has 0 saturated carbocycles. The lowest BCUT2D eigenvalue weighted by atomic mass is 9.92. The first-order valence-corrected chi connectivity index (χ1v) is 8.32. The van der Waals surface area contributed by atoms with Crippen molar-refractivity contribution in [2.75, 3.05) is 13.7 Å². The smallest absolute Gasteiger partial charge is 0.338 e. The van der Waals surface area contributed by atoms with Crippen LogP contribution >= 0.6 is 0 Å². The Labute approximate surface area is 154 Å². The summed E-state index contributed by atoms with van der Waals surface area (Å²) in [7, 11) is 1.19. The van der Waals surface area contributed by atoms with Crippen LogP contribution in [0.2, 0.25) is 0 Å². The molecule has 0 bridgehead atoms. The Kier molecular flexibility index (Phi) is 5.92. The molecule has 1 aromatic rings. The molecule has 2 aliphatic heterocycles. The first-order valence-electron chi connectivity index (χ1n) is 8.32. The zero-order chi connectivity index (χ0) is 19.4. The predicted molar refractivity (Wildman–Crippen MR) is 89.2 cm³/mol. The zero-order valence-electron chi connectivity index (χ0n) is 14.8. The van der Waals surface area contributed by atoms with Crippen molar-refractivity contribution < 1.29 is 33.3 Å². The SMILES string of the molecule is COC(=O)C1O[C@@H]2CO[C@H](c3ccccc3)O[C@@H]2[C@H](N=[N+]=[N-])[C@H]1OC(C)=O. The molecule has 2 fully saturated rings. The number of methoxy groups -OCH3 is 1. The molecule has 2 saturated heterocycles. The summed E-state index contributed by atoms with van der Waals surface area (Å²) in [5, 5.41) is 3.73. The van der Waals surface area contributed by atoms with Crippen LogP contribution in [0.3, 0.4) is 0 Å². The van der Waals surface area contributed by atoms with Crippen molar-refractivity contribution in [3.8, 4) is 0 Å². The van der Waals surface area contributed by atoms with E-state index < -0.39 is 48.7 Å². The van der Waals surface area contributed by atoms with Crippen molar-refractivity contribution in [2.45, 2.75) is 43.7 Å². The van der Waals surface area contributed by atoms with E-state index >= 15 is 0 Å². The number of rotatable bonds is 4. The lowest BCUT2D eigenvalue weighted by molar-refractivity contribution is -0.306. The Balaban J connectivity index is 1.90. The topological polar surface area (TPSA) is 129 Å². The highest BCUT2D eigenvalue weighted by Crippen LogP contribution is 2.36. The van der Waals surface area contributed by atoms with Gasteiger partial charge in [-0.15, -0.1) is 0 Å². The van der Waals surface area contributed by atoms with Crippen LogP contribution in [0.15, 0.2) is 35.4 Å². The van der Waals surface area contributed by atoms with E-state index in [0.717, 1.165) is 5.56 Å². The minimum atomic E-state index is -1.25. The number of hydrogen-bond donors (Lipinski definition) is 0. The van der Waals surface area contributed by atoms with Gasteiger partial charge in [0.2, 0.25) is 0 Å². The highest BCUT2D eigenvalue weighted by atomic mass is 16.7. The summed E-state index contributed by atoms with van der Waals surface area (Å²) in [6.07, 6.45) is -4.61. The van der Waals surface area contributed by atoms with Crippen LogP contribution in [0.1, 0.15) is 18.8 Å². The second kappa shape index (κ2) is 8.36. The molecule has 10 heteroatoms. The Morgan fingerprint density at radius 1 is 1.26 bits per heavy atom. The van der Waals surface area contributed by atoms with E-state index in [-0.39, 0.29) is 6.61 Å². The summed E-state index contributed by atoms with van der Waals surface area (Å²) < 4.78 is 27.3. The summed E-state index contributed by atoms with van der Waals surface area (Å²) >= 11 is 0. The molecule has 6 atom stereocenters. The molecule has 1 aromatic carbocycles. The fourth-order valence-electron chi connectivity index (χ4n) is 3.20. The number of nitrogens with zero attached hydrogens (tertiary/aromatic N) is 3. The fourth-order valence-corrected chi connectivity index (χ4v) is 3.20. The van der Waals surface area contributed by atoms with Crippen LogP contribution in [0.25, 0.3) is 10.4 Å². The normalized spacial score (nSPS) is 32.5. The van der Waals surface area contributed by atoms with Gasteiger partial charge in [-0.1, -0.05) is 35.4 Å². The second-order valence-electron chi connectivity index (χ2n) is 6.06. The molecule has 0 aromatic heterocycles. The quantitative estimate of drug-likeness (QED) is 0.337. The number of benzene rings is 1. The van der Waals surface area contributed by atoms with E-state index in [9.17, 15) is 9.59 Å². The zero-order valence-corrected chi connectivity index (χ0v) is 14.8. The molecule has 2 heterocycles. The van der Waals surface area contributed by atoms with Crippen molar-refractivity contribution >= 4 is 11.9 Å². The standard InChI is InChI=1S/C17H19N3O7/c1-9(21)25-14-12(19-20-18)13-11(26-15(14)16(22)23-2)8-24-17(27-13)10-6-4-3-5-7-10/h3-7,11-15,17H,8H2,1-2H3/t11-,12+,13+,14-,15?,17+/m1/s1. The van der Waals surface area contributed by atoms with Gasteiger partial charge < -0.3 is 23.7 Å². The van der Waals surface area contributed by atoms with Gasteiger partial charge >= 0.3 is 11.9 Å². The maximum Gasteiger partial charge on any atom is 0.338 e. The van der Waals surface area contributed by atoms with Crippen molar-refractivity contribution in [3.63, 3.8) is 0 Å². The van der Waals surface area contributed by atoms with Crippen molar-refractivity contribution in [3.05, 3.63) is 46.3 Å². The summed E-state index contributed by atoms with van der Waals surface area (Å²) in [5.41, 5.74) is 9.77. The Morgan fingerprint density at radius 3 is 2.63 bits per heavy atom. The molecule has 0 radical (unpaired) electrons. The van der Waals surface area contributed by atoms with Gasteiger partial charge in [0, 0.05) is 17.4 Å². The van der Waals surface area contributed by atoms with Crippen LogP contribution < -0.4 is 0 Å². The average Bonchev–Trinajstić information content (AvgIpc) is 2.69. The van der Waals surface area contributed by atoms with Crippen LogP contribution in [-0.4, -0.2) is 56.1 Å². The van der Waals surface area contributed by atoms with Crippen molar-refractivity contribution in [1.29, 1.82) is 0 Å². The lowest BCUT2D eigenvalue weighted by Crippen LogP contribution is -2.63. The van der Waals surface area contributed by atoms with Gasteiger partial charge in [0.25, 0.3) is 0 Å². The number of carbonyl (C=O) groups excluding carboxylic acids is 2. The Morgan fingerprint density at radius 2 is 2.00 bits per heavy atom. The van der Waals surface area contributed by atoms with E-state index in [0.29, 0.717) is 0 Å². The van der Waals surface area contributed by atoms with E-state index in [1.54, 1.807) is 0 Å². The maximum absolute atomic E-state index is 12.1. The van der Waals surface area contributed by atoms with Gasteiger partial charge in [0.15, 0.2) is 12.4 Å². The minimum absolute atomic E-state index is 0.0992. The summed E-state index contributed by atoms with van der Waals surface area (Å²) in [5.74, 6) is -1.40. The maximum atomic E-state index is 12.1. The Hall–Kier alpha value is -2.65. The van der Waals surface area contributed by atoms with E-state index in [2.05, 4.69) is 10.0 Å². The molecule has 0 N–H and O–H groups in total. The second-order valence-corrected chi connectivity index (χ2v) is 6.06. The Bertz CT molecular complexity index is 737. The minimum Gasteiger partial charge on any atom is -0.467 e. The third-order valence-corrected chi connectivity index (χ3v) is 4.34. The molecule has 3 rings (SSSR count). The summed E-state index contributed by atoms with van der Waals surface area (Å²) in [6.45, 7) is 1.28. The predicted octanol–water partition coefficient (Wildman–Crippen LogP) is 1.65. The van der Waals surface area contributed by atoms with Gasteiger partial charge in [-0.05, 0) is 5.53 Å². The molecular weight excluding hydrogens is 358 g/mol. The van der Waals surface area contributed by atoms with Gasteiger partial charge in [0.05, 0.1) is 13.7 Å². The first kappa shape index (κ1) is 19.1. The van der Waals surface area contributed by atoms with Crippen LogP contribution in [0, 0.1) is 0 Å². The number of azide groups is 1. The van der Waals surface area contributed by atoms with E-state index in [4.69, 9.17) is 29.2 Å². The van der Waals surface area contributed by atoms with Crippen LogP contribution in [0.5, 0.6) is 0 Å². The molecular formula is C17H19N3O7. The van der Waals surface area contributed by atoms with Crippen LogP contribution in [-0.2, 0) is 33.3 Å². The molecule has 27 heavy (non-hydrogen) atoms. The molecule has 1 unspecified atom stereocenters. The first-order chi connectivity index (χ1) is 13.0. The van der Waals surface area contributed by atoms with E-state index in [1.807, 2.05) is 30.3 Å². The molecule has 0 amide bonds. The molecule has 2 aliphatic rings.